The summed E-state index contributed by atoms with van der Waals surface area (Å²) in [6.07, 6.45) is 2.41. The van der Waals surface area contributed by atoms with E-state index in [4.69, 9.17) is 4.74 Å². The molecule has 0 radical (unpaired) electrons. The molecule has 26 heavy (non-hydrogen) atoms. The maximum atomic E-state index is 11.8. The normalized spacial score (nSPS) is 26.4. The summed E-state index contributed by atoms with van der Waals surface area (Å²) >= 11 is 0. The van der Waals surface area contributed by atoms with E-state index in [1.807, 2.05) is 0 Å². The van der Waals surface area contributed by atoms with Crippen LogP contribution in [0.3, 0.4) is 0 Å². The van der Waals surface area contributed by atoms with Crippen LogP contribution in [0, 0.1) is 5.92 Å². The minimum absolute atomic E-state index is 0.107. The Balaban J connectivity index is 1.41. The van der Waals surface area contributed by atoms with Gasteiger partial charge in [0.15, 0.2) is 0 Å². The van der Waals surface area contributed by atoms with Gasteiger partial charge in [-0.1, -0.05) is 12.1 Å². The number of hydrogen-bond acceptors (Lipinski definition) is 4. The van der Waals surface area contributed by atoms with E-state index < -0.39 is 17.4 Å². The highest BCUT2D eigenvalue weighted by Gasteiger charge is 2.51. The number of hydrogen-bond donors (Lipinski definition) is 2. The van der Waals surface area contributed by atoms with Crippen molar-refractivity contribution in [2.75, 3.05) is 13.1 Å². The molecule has 3 aliphatic rings. The third-order valence-electron chi connectivity index (χ3n) is 6.02. The molecule has 1 amide bonds. The highest BCUT2D eigenvalue weighted by atomic mass is 16.5. The molecule has 4 rings (SSSR count). The van der Waals surface area contributed by atoms with E-state index >= 15 is 0 Å². The lowest BCUT2D eigenvalue weighted by Crippen LogP contribution is -2.55. The lowest BCUT2D eigenvalue weighted by Gasteiger charge is -2.41. The molecule has 1 aromatic rings. The van der Waals surface area contributed by atoms with Gasteiger partial charge in [0.05, 0.1) is 11.5 Å². The quantitative estimate of drug-likeness (QED) is 0.863. The summed E-state index contributed by atoms with van der Waals surface area (Å²) in [5.74, 6) is -0.615. The Morgan fingerprint density at radius 1 is 1.35 bits per heavy atom. The van der Waals surface area contributed by atoms with Crippen LogP contribution >= 0.6 is 0 Å². The van der Waals surface area contributed by atoms with E-state index in [0.29, 0.717) is 12.8 Å². The van der Waals surface area contributed by atoms with Crippen LogP contribution in [0.4, 0.5) is 0 Å². The number of carbonyl (C=O) groups excluding carboxylic acids is 1. The predicted molar refractivity (Wildman–Crippen MR) is 96.0 cm³/mol. The standard InChI is InChI=1S/C20H26N2O4/c1-19(2)11-14-9-13(3-4-16(14)26-19)12-22-7-5-20(6-8-22)15(18(24)25)10-17(23)21-20/h3-4,9,15H,5-8,10-12H2,1-2H3,(H,21,23)(H,24,25)/t15-/m1/s1. The molecule has 3 aliphatic heterocycles. The monoisotopic (exact) mass is 358 g/mol. The van der Waals surface area contributed by atoms with Crippen LogP contribution < -0.4 is 10.1 Å². The first-order chi connectivity index (χ1) is 12.3. The number of fused-ring (bicyclic) bond motifs is 1. The molecule has 1 spiro atoms. The summed E-state index contributed by atoms with van der Waals surface area (Å²) in [5.41, 5.74) is 1.82. The van der Waals surface area contributed by atoms with Crippen molar-refractivity contribution in [3.8, 4) is 5.75 Å². The van der Waals surface area contributed by atoms with Crippen molar-refractivity contribution in [3.63, 3.8) is 0 Å². The Bertz CT molecular complexity index is 750. The van der Waals surface area contributed by atoms with Crippen molar-refractivity contribution >= 4 is 11.9 Å². The Morgan fingerprint density at radius 3 is 2.77 bits per heavy atom. The van der Waals surface area contributed by atoms with Gasteiger partial charge in [-0.15, -0.1) is 0 Å². The molecule has 2 N–H and O–H groups in total. The summed E-state index contributed by atoms with van der Waals surface area (Å²) in [4.78, 5) is 25.6. The fourth-order valence-electron chi connectivity index (χ4n) is 4.72. The zero-order valence-electron chi connectivity index (χ0n) is 15.4. The number of likely N-dealkylation sites (tertiary alicyclic amines) is 1. The number of aliphatic carboxylic acids is 1. The van der Waals surface area contributed by atoms with Crippen LogP contribution in [0.1, 0.15) is 44.2 Å². The molecular formula is C20H26N2O4. The molecule has 1 aromatic carbocycles. The number of carboxylic acid groups (broad SMARTS) is 1. The van der Waals surface area contributed by atoms with Crippen LogP contribution in [0.5, 0.6) is 5.75 Å². The average molecular weight is 358 g/mol. The second-order valence-corrected chi connectivity index (χ2v) is 8.56. The van der Waals surface area contributed by atoms with Gasteiger partial charge in [-0.25, -0.2) is 0 Å². The molecule has 0 aromatic heterocycles. The Morgan fingerprint density at radius 2 is 2.08 bits per heavy atom. The van der Waals surface area contributed by atoms with Gasteiger partial charge in [0, 0.05) is 32.5 Å². The van der Waals surface area contributed by atoms with Crippen LogP contribution in [0.25, 0.3) is 0 Å². The van der Waals surface area contributed by atoms with Crippen molar-refractivity contribution in [3.05, 3.63) is 29.3 Å². The number of nitrogens with one attached hydrogen (secondary N) is 1. The van der Waals surface area contributed by atoms with Crippen LogP contribution in [-0.2, 0) is 22.6 Å². The zero-order chi connectivity index (χ0) is 18.5. The molecule has 3 heterocycles. The highest BCUT2D eigenvalue weighted by molar-refractivity contribution is 5.88. The van der Waals surface area contributed by atoms with Gasteiger partial charge < -0.3 is 15.2 Å². The Kier molecular flexibility index (Phi) is 3.99. The second-order valence-electron chi connectivity index (χ2n) is 8.56. The summed E-state index contributed by atoms with van der Waals surface area (Å²) in [5, 5.41) is 12.4. The number of amides is 1. The largest absolute Gasteiger partial charge is 0.487 e. The first-order valence-corrected chi connectivity index (χ1v) is 9.33. The Labute approximate surface area is 153 Å². The maximum absolute atomic E-state index is 11.8. The minimum Gasteiger partial charge on any atom is -0.487 e. The van der Waals surface area contributed by atoms with E-state index in [0.717, 1.165) is 31.8 Å². The molecule has 0 bridgehead atoms. The highest BCUT2D eigenvalue weighted by Crippen LogP contribution is 2.38. The lowest BCUT2D eigenvalue weighted by atomic mass is 9.77. The second kappa shape index (κ2) is 5.98. The average Bonchev–Trinajstić information content (AvgIpc) is 3.04. The van der Waals surface area contributed by atoms with Gasteiger partial charge in [0.1, 0.15) is 11.4 Å². The smallest absolute Gasteiger partial charge is 0.309 e. The summed E-state index contributed by atoms with van der Waals surface area (Å²) < 4.78 is 5.94. The minimum atomic E-state index is -0.863. The van der Waals surface area contributed by atoms with Crippen molar-refractivity contribution in [1.29, 1.82) is 0 Å². The van der Waals surface area contributed by atoms with Crippen molar-refractivity contribution in [2.24, 2.45) is 5.92 Å². The topological polar surface area (TPSA) is 78.9 Å². The molecule has 0 unspecified atom stereocenters. The number of benzene rings is 1. The van der Waals surface area contributed by atoms with Gasteiger partial charge in [0.2, 0.25) is 5.91 Å². The first kappa shape index (κ1) is 17.3. The number of carboxylic acids is 1. The van der Waals surface area contributed by atoms with E-state index in [9.17, 15) is 14.7 Å². The number of ether oxygens (including phenoxy) is 1. The molecule has 2 saturated heterocycles. The van der Waals surface area contributed by atoms with Gasteiger partial charge in [-0.05, 0) is 43.9 Å². The van der Waals surface area contributed by atoms with E-state index in [1.54, 1.807) is 0 Å². The number of rotatable bonds is 3. The third-order valence-corrected chi connectivity index (χ3v) is 6.02. The van der Waals surface area contributed by atoms with Crippen LogP contribution in [0.15, 0.2) is 18.2 Å². The SMILES string of the molecule is CC1(C)Cc2cc(CN3CCC4(CC3)NC(=O)C[C@@H]4C(=O)O)ccc2O1. The lowest BCUT2D eigenvalue weighted by molar-refractivity contribution is -0.144. The number of piperidine rings is 1. The van der Waals surface area contributed by atoms with Gasteiger partial charge in [-0.3, -0.25) is 14.5 Å². The summed E-state index contributed by atoms with van der Waals surface area (Å²) in [6.45, 7) is 6.64. The molecule has 0 aliphatic carbocycles. The molecule has 1 atom stereocenters. The zero-order valence-corrected chi connectivity index (χ0v) is 15.4. The van der Waals surface area contributed by atoms with E-state index in [-0.39, 0.29) is 17.9 Å². The summed E-state index contributed by atoms with van der Waals surface area (Å²) in [6, 6.07) is 6.40. The van der Waals surface area contributed by atoms with Crippen LogP contribution in [0.2, 0.25) is 0 Å². The number of carbonyl (C=O) groups is 2. The van der Waals surface area contributed by atoms with Crippen molar-refractivity contribution < 1.29 is 19.4 Å². The first-order valence-electron chi connectivity index (χ1n) is 9.33. The summed E-state index contributed by atoms with van der Waals surface area (Å²) in [7, 11) is 0. The number of nitrogens with zero attached hydrogens (tertiary/aromatic N) is 1. The van der Waals surface area contributed by atoms with Gasteiger partial charge >= 0.3 is 5.97 Å². The van der Waals surface area contributed by atoms with Gasteiger partial charge in [-0.2, -0.15) is 0 Å². The molecule has 2 fully saturated rings. The van der Waals surface area contributed by atoms with Crippen LogP contribution in [-0.4, -0.2) is 46.1 Å². The van der Waals surface area contributed by atoms with Crippen molar-refractivity contribution in [1.82, 2.24) is 10.2 Å². The third kappa shape index (κ3) is 3.07. The van der Waals surface area contributed by atoms with Crippen molar-refractivity contribution in [2.45, 2.75) is 57.2 Å². The Hall–Kier alpha value is -2.08. The van der Waals surface area contributed by atoms with E-state index in [1.165, 1.54) is 11.1 Å². The molecule has 0 saturated carbocycles. The maximum Gasteiger partial charge on any atom is 0.309 e. The fraction of sp³-hybridized carbons (Fsp3) is 0.600. The molecule has 6 nitrogen and oxygen atoms in total. The van der Waals surface area contributed by atoms with Gasteiger partial charge in [0.25, 0.3) is 0 Å². The fourth-order valence-corrected chi connectivity index (χ4v) is 4.72. The molecular weight excluding hydrogens is 332 g/mol. The predicted octanol–water partition coefficient (Wildman–Crippen LogP) is 1.96. The van der Waals surface area contributed by atoms with E-state index in [2.05, 4.69) is 42.3 Å². The molecule has 6 heteroatoms. The molecule has 140 valence electrons.